The van der Waals surface area contributed by atoms with E-state index in [1.807, 2.05) is 35.2 Å². The van der Waals surface area contributed by atoms with Crippen LogP contribution < -0.4 is 16.4 Å². The normalized spacial score (nSPS) is 15.5. The number of nitrogens with two attached hydrogens (primary N) is 1. The molecule has 10 nitrogen and oxygen atoms in total. The molecule has 1 aliphatic heterocycles. The van der Waals surface area contributed by atoms with Crippen molar-refractivity contribution in [3.63, 3.8) is 0 Å². The van der Waals surface area contributed by atoms with E-state index >= 15 is 0 Å². The molecule has 0 aliphatic carbocycles. The monoisotopic (exact) mass is 517 g/mol. The molecule has 10 heteroatoms. The van der Waals surface area contributed by atoms with Gasteiger partial charge in [0.05, 0.1) is 6.04 Å². The van der Waals surface area contributed by atoms with E-state index in [9.17, 15) is 14.4 Å². The smallest absolute Gasteiger partial charge is 0.270 e. The summed E-state index contributed by atoms with van der Waals surface area (Å²) in [5, 5.41) is 9.42. The van der Waals surface area contributed by atoms with Crippen molar-refractivity contribution in [2.45, 2.75) is 32.0 Å². The van der Waals surface area contributed by atoms with Gasteiger partial charge in [-0.1, -0.05) is 42.5 Å². The molecule has 4 N–H and O–H groups in total. The second kappa shape index (κ2) is 12.5. The summed E-state index contributed by atoms with van der Waals surface area (Å²) in [6.07, 6.45) is 1.93. The van der Waals surface area contributed by atoms with Gasteiger partial charge in [-0.15, -0.1) is 0 Å². The highest BCUT2D eigenvalue weighted by Gasteiger charge is 2.25. The SMILES string of the molecule is C[C@H](NC(=O)c1ccnn1C)C(=O)Nc1ccc(C[C@@H](N)C(=O)N2CCN(Cc3ccccc3)CC2)cc1. The minimum absolute atomic E-state index is 0.0419. The zero-order valence-corrected chi connectivity index (χ0v) is 21.8. The lowest BCUT2D eigenvalue weighted by molar-refractivity contribution is -0.134. The van der Waals surface area contributed by atoms with E-state index in [4.69, 9.17) is 5.73 Å². The molecule has 3 amide bonds. The van der Waals surface area contributed by atoms with E-state index in [1.54, 1.807) is 32.2 Å². The summed E-state index contributed by atoms with van der Waals surface area (Å²) >= 11 is 0. The standard InChI is InChI=1S/C28H35N7O3/c1-20(31-27(37)25-12-13-30-33(25)2)26(36)32-23-10-8-21(9-11-23)18-24(29)28(38)35-16-14-34(15-17-35)19-22-6-4-3-5-7-22/h3-13,20,24H,14-19,29H2,1-2H3,(H,31,37)(H,32,36)/t20-,24+/m0/s1. The van der Waals surface area contributed by atoms with E-state index in [2.05, 4.69) is 32.8 Å². The minimum Gasteiger partial charge on any atom is -0.339 e. The van der Waals surface area contributed by atoms with Crippen molar-refractivity contribution >= 4 is 23.4 Å². The van der Waals surface area contributed by atoms with E-state index in [0.29, 0.717) is 30.9 Å². The van der Waals surface area contributed by atoms with Gasteiger partial charge in [-0.3, -0.25) is 24.0 Å². The first-order valence-corrected chi connectivity index (χ1v) is 12.8. The van der Waals surface area contributed by atoms with E-state index in [0.717, 1.165) is 25.2 Å². The first kappa shape index (κ1) is 27.0. The van der Waals surface area contributed by atoms with Crippen LogP contribution in [0.5, 0.6) is 0 Å². The quantitative estimate of drug-likeness (QED) is 0.394. The topological polar surface area (TPSA) is 126 Å². The highest BCUT2D eigenvalue weighted by molar-refractivity contribution is 6.00. The van der Waals surface area contributed by atoms with Crippen LogP contribution in [-0.4, -0.2) is 75.6 Å². The van der Waals surface area contributed by atoms with Crippen molar-refractivity contribution in [3.05, 3.63) is 83.7 Å². The number of hydrogen-bond acceptors (Lipinski definition) is 6. The van der Waals surface area contributed by atoms with E-state index < -0.39 is 12.1 Å². The zero-order chi connectivity index (χ0) is 27.1. The number of aryl methyl sites for hydroxylation is 1. The number of carbonyl (C=O) groups excluding carboxylic acids is 3. The summed E-state index contributed by atoms with van der Waals surface area (Å²) in [5.41, 5.74) is 9.41. The maximum absolute atomic E-state index is 12.9. The van der Waals surface area contributed by atoms with E-state index in [-0.39, 0.29) is 17.7 Å². The third-order valence-corrected chi connectivity index (χ3v) is 6.72. The molecule has 38 heavy (non-hydrogen) atoms. The maximum atomic E-state index is 12.9. The fourth-order valence-electron chi connectivity index (χ4n) is 4.45. The minimum atomic E-state index is -0.740. The summed E-state index contributed by atoms with van der Waals surface area (Å²) in [7, 11) is 1.66. The zero-order valence-electron chi connectivity index (χ0n) is 21.8. The molecule has 2 atom stereocenters. The Morgan fingerprint density at radius 3 is 2.26 bits per heavy atom. The van der Waals surface area contributed by atoms with Crippen molar-refractivity contribution < 1.29 is 14.4 Å². The number of carbonyl (C=O) groups is 3. The molecule has 1 saturated heterocycles. The third-order valence-electron chi connectivity index (χ3n) is 6.72. The second-order valence-electron chi connectivity index (χ2n) is 9.62. The van der Waals surface area contributed by atoms with Crippen LogP contribution in [0, 0.1) is 0 Å². The molecule has 0 spiro atoms. The molecule has 1 aliphatic rings. The van der Waals surface area contributed by atoms with Crippen LogP contribution in [0.3, 0.4) is 0 Å². The molecule has 1 fully saturated rings. The van der Waals surface area contributed by atoms with Gasteiger partial charge in [0.25, 0.3) is 5.91 Å². The Hall–Kier alpha value is -4.02. The van der Waals surface area contributed by atoms with Crippen molar-refractivity contribution in [2.24, 2.45) is 12.8 Å². The number of amides is 3. The Balaban J connectivity index is 1.21. The van der Waals surface area contributed by atoms with Crippen molar-refractivity contribution in [1.29, 1.82) is 0 Å². The first-order valence-electron chi connectivity index (χ1n) is 12.8. The van der Waals surface area contributed by atoms with E-state index in [1.165, 1.54) is 16.4 Å². The van der Waals surface area contributed by atoms with Gasteiger partial charge in [-0.2, -0.15) is 5.10 Å². The van der Waals surface area contributed by atoms with Gasteiger partial charge >= 0.3 is 0 Å². The molecule has 1 aromatic heterocycles. The van der Waals surface area contributed by atoms with Crippen LogP contribution in [0.25, 0.3) is 0 Å². The van der Waals surface area contributed by atoms with Crippen molar-refractivity contribution in [3.8, 4) is 0 Å². The van der Waals surface area contributed by atoms with Crippen LogP contribution in [0.4, 0.5) is 5.69 Å². The first-order chi connectivity index (χ1) is 18.3. The number of nitrogens with one attached hydrogen (secondary N) is 2. The molecule has 0 radical (unpaired) electrons. The molecule has 3 aromatic rings. The number of rotatable bonds is 9. The lowest BCUT2D eigenvalue weighted by Gasteiger charge is -2.36. The predicted molar refractivity (Wildman–Crippen MR) is 145 cm³/mol. The van der Waals surface area contributed by atoms with Gasteiger partial charge in [-0.25, -0.2) is 0 Å². The molecule has 200 valence electrons. The number of anilines is 1. The van der Waals surface area contributed by atoms with Crippen LogP contribution in [0.15, 0.2) is 66.9 Å². The van der Waals surface area contributed by atoms with Crippen molar-refractivity contribution in [2.75, 3.05) is 31.5 Å². The van der Waals surface area contributed by atoms with Crippen molar-refractivity contribution in [1.82, 2.24) is 24.9 Å². The summed E-state index contributed by atoms with van der Waals surface area (Å²) in [6, 6.07) is 17.8. The Labute approximate surface area is 222 Å². The lowest BCUT2D eigenvalue weighted by atomic mass is 10.0. The molecule has 2 aromatic carbocycles. The van der Waals surface area contributed by atoms with Gasteiger partial charge in [0.2, 0.25) is 11.8 Å². The van der Waals surface area contributed by atoms with Crippen LogP contribution in [0.1, 0.15) is 28.5 Å². The number of benzene rings is 2. The van der Waals surface area contributed by atoms with Crippen LogP contribution in [-0.2, 0) is 29.6 Å². The molecule has 4 rings (SSSR count). The largest absolute Gasteiger partial charge is 0.339 e. The Morgan fingerprint density at radius 2 is 1.63 bits per heavy atom. The third kappa shape index (κ3) is 7.05. The lowest BCUT2D eigenvalue weighted by Crippen LogP contribution is -2.53. The summed E-state index contributed by atoms with van der Waals surface area (Å²) < 4.78 is 1.44. The number of nitrogens with zero attached hydrogens (tertiary/aromatic N) is 4. The highest BCUT2D eigenvalue weighted by atomic mass is 16.2. The molecule has 0 unspecified atom stereocenters. The number of aromatic nitrogens is 2. The average Bonchev–Trinajstić information content (AvgIpc) is 3.36. The Kier molecular flexibility index (Phi) is 8.88. The summed E-state index contributed by atoms with van der Waals surface area (Å²) in [5.74, 6) is -0.759. The molecular formula is C28H35N7O3. The number of piperazine rings is 1. The molecular weight excluding hydrogens is 482 g/mol. The van der Waals surface area contributed by atoms with Gasteiger partial charge < -0.3 is 21.3 Å². The van der Waals surface area contributed by atoms with Gasteiger partial charge in [0.15, 0.2) is 0 Å². The van der Waals surface area contributed by atoms with Gasteiger partial charge in [0, 0.05) is 51.7 Å². The predicted octanol–water partition coefficient (Wildman–Crippen LogP) is 1.39. The van der Waals surface area contributed by atoms with Crippen LogP contribution >= 0.6 is 0 Å². The fourth-order valence-corrected chi connectivity index (χ4v) is 4.45. The molecule has 0 bridgehead atoms. The Bertz CT molecular complexity index is 1230. The number of hydrogen-bond donors (Lipinski definition) is 3. The average molecular weight is 518 g/mol. The van der Waals surface area contributed by atoms with Gasteiger partial charge in [-0.05, 0) is 42.7 Å². The van der Waals surface area contributed by atoms with Crippen LogP contribution in [0.2, 0.25) is 0 Å². The summed E-state index contributed by atoms with van der Waals surface area (Å²) in [6.45, 7) is 5.47. The maximum Gasteiger partial charge on any atom is 0.270 e. The summed E-state index contributed by atoms with van der Waals surface area (Å²) in [4.78, 5) is 42.0. The van der Waals surface area contributed by atoms with Gasteiger partial charge in [0.1, 0.15) is 11.7 Å². The highest BCUT2D eigenvalue weighted by Crippen LogP contribution is 2.14. The molecule has 2 heterocycles. The second-order valence-corrected chi connectivity index (χ2v) is 9.62. The molecule has 0 saturated carbocycles. The fraction of sp³-hybridized carbons (Fsp3) is 0.357. The Morgan fingerprint density at radius 1 is 0.947 bits per heavy atom.